The van der Waals surface area contributed by atoms with Crippen molar-refractivity contribution in [1.29, 1.82) is 0 Å². The van der Waals surface area contributed by atoms with E-state index in [1.54, 1.807) is 4.52 Å². The van der Waals surface area contributed by atoms with Gasteiger partial charge in [0.15, 0.2) is 5.65 Å². The Morgan fingerprint density at radius 2 is 1.73 bits per heavy atom. The van der Waals surface area contributed by atoms with Crippen LogP contribution in [0.4, 0.5) is 5.82 Å². The van der Waals surface area contributed by atoms with Gasteiger partial charge in [0.1, 0.15) is 5.82 Å². The summed E-state index contributed by atoms with van der Waals surface area (Å²) in [6.45, 7) is 2.33. The second-order valence-electron chi connectivity index (χ2n) is 8.24. The van der Waals surface area contributed by atoms with E-state index in [1.165, 1.54) is 12.8 Å². The lowest BCUT2D eigenvalue weighted by molar-refractivity contribution is 0.343. The number of benzene rings is 1. The summed E-state index contributed by atoms with van der Waals surface area (Å²) < 4.78 is 2.60. The van der Waals surface area contributed by atoms with Crippen molar-refractivity contribution >= 4 is 27.4 Å². The molecule has 5 nitrogen and oxygen atoms in total. The van der Waals surface area contributed by atoms with E-state index in [4.69, 9.17) is 10.7 Å². The standard InChI is InChI=1S/C24H24BrN5/c1-15-7-9-17(10-8-15)22-21(25)23(26)30-24(29-22)19(14-28-30)18-11-12-20(27-13-18)16-5-3-2-4-6-16/h2-6,11-15,17H,7-10,26H2,1H3. The van der Waals surface area contributed by atoms with E-state index in [2.05, 4.69) is 51.1 Å². The Balaban J connectivity index is 1.55. The molecule has 0 radical (unpaired) electrons. The first-order valence-electron chi connectivity index (χ1n) is 10.5. The van der Waals surface area contributed by atoms with Crippen LogP contribution >= 0.6 is 15.9 Å². The summed E-state index contributed by atoms with van der Waals surface area (Å²) in [6, 6.07) is 14.3. The summed E-state index contributed by atoms with van der Waals surface area (Å²) in [5.41, 5.74) is 12.3. The predicted octanol–water partition coefficient (Wildman–Crippen LogP) is 6.10. The number of pyridine rings is 1. The predicted molar refractivity (Wildman–Crippen MR) is 124 cm³/mol. The molecule has 152 valence electrons. The highest BCUT2D eigenvalue weighted by Crippen LogP contribution is 2.40. The fraction of sp³-hybridized carbons (Fsp3) is 0.292. The summed E-state index contributed by atoms with van der Waals surface area (Å²) in [5, 5.41) is 4.51. The highest BCUT2D eigenvalue weighted by atomic mass is 79.9. The van der Waals surface area contributed by atoms with Gasteiger partial charge in [-0.1, -0.05) is 56.2 Å². The molecule has 5 rings (SSSR count). The van der Waals surface area contributed by atoms with Gasteiger partial charge in [-0.15, -0.1) is 0 Å². The Labute approximate surface area is 184 Å². The van der Waals surface area contributed by atoms with Crippen LogP contribution in [0.15, 0.2) is 59.3 Å². The van der Waals surface area contributed by atoms with Gasteiger partial charge >= 0.3 is 0 Å². The Morgan fingerprint density at radius 1 is 0.967 bits per heavy atom. The molecule has 0 spiro atoms. The Kier molecular flexibility index (Phi) is 5.03. The van der Waals surface area contributed by atoms with E-state index < -0.39 is 0 Å². The van der Waals surface area contributed by atoms with Gasteiger partial charge in [-0.2, -0.15) is 9.61 Å². The third kappa shape index (κ3) is 3.39. The van der Waals surface area contributed by atoms with Gasteiger partial charge in [-0.3, -0.25) is 4.98 Å². The van der Waals surface area contributed by atoms with Crippen LogP contribution in [-0.4, -0.2) is 19.6 Å². The molecule has 1 fully saturated rings. The minimum atomic E-state index is 0.434. The molecule has 0 atom stereocenters. The molecular weight excluding hydrogens is 438 g/mol. The SMILES string of the molecule is CC1CCC(c2nc3c(-c4ccc(-c5ccccc5)nc4)cnn3c(N)c2Br)CC1. The molecule has 3 heterocycles. The van der Waals surface area contributed by atoms with E-state index >= 15 is 0 Å². The zero-order chi connectivity index (χ0) is 20.7. The molecule has 0 unspecified atom stereocenters. The van der Waals surface area contributed by atoms with Crippen molar-refractivity contribution < 1.29 is 0 Å². The maximum Gasteiger partial charge on any atom is 0.165 e. The average Bonchev–Trinajstić information content (AvgIpc) is 3.22. The first kappa shape index (κ1) is 19.2. The number of halogens is 1. The quantitative estimate of drug-likeness (QED) is 0.400. The maximum absolute atomic E-state index is 6.44. The van der Waals surface area contributed by atoms with Crippen LogP contribution in [-0.2, 0) is 0 Å². The highest BCUT2D eigenvalue weighted by molar-refractivity contribution is 9.10. The lowest BCUT2D eigenvalue weighted by atomic mass is 9.81. The smallest absolute Gasteiger partial charge is 0.165 e. The normalized spacial score (nSPS) is 19.3. The summed E-state index contributed by atoms with van der Waals surface area (Å²) in [5.74, 6) is 1.83. The van der Waals surface area contributed by atoms with Crippen molar-refractivity contribution in [2.24, 2.45) is 5.92 Å². The number of aromatic nitrogens is 4. The van der Waals surface area contributed by atoms with Crippen molar-refractivity contribution in [3.05, 3.63) is 65.0 Å². The third-order valence-electron chi connectivity index (χ3n) is 6.19. The second-order valence-corrected chi connectivity index (χ2v) is 9.04. The van der Waals surface area contributed by atoms with Crippen LogP contribution in [0, 0.1) is 5.92 Å². The molecule has 2 N–H and O–H groups in total. The first-order chi connectivity index (χ1) is 14.6. The number of fused-ring (bicyclic) bond motifs is 1. The Hall–Kier alpha value is -2.73. The second kappa shape index (κ2) is 7.84. The average molecular weight is 462 g/mol. The number of nitrogens with zero attached hydrogens (tertiary/aromatic N) is 4. The van der Waals surface area contributed by atoms with Gasteiger partial charge in [0.05, 0.1) is 22.1 Å². The van der Waals surface area contributed by atoms with Crippen molar-refractivity contribution in [3.8, 4) is 22.4 Å². The summed E-state index contributed by atoms with van der Waals surface area (Å²) in [6.07, 6.45) is 8.50. The first-order valence-corrected chi connectivity index (χ1v) is 11.3. The highest BCUT2D eigenvalue weighted by Gasteiger charge is 2.26. The van der Waals surface area contributed by atoms with Crippen molar-refractivity contribution in [2.45, 2.75) is 38.5 Å². The molecular formula is C24H24BrN5. The third-order valence-corrected chi connectivity index (χ3v) is 7.01. The van der Waals surface area contributed by atoms with Crippen molar-refractivity contribution in [1.82, 2.24) is 19.6 Å². The van der Waals surface area contributed by atoms with Crippen molar-refractivity contribution in [3.63, 3.8) is 0 Å². The molecule has 1 aromatic carbocycles. The van der Waals surface area contributed by atoms with E-state index in [-0.39, 0.29) is 0 Å². The van der Waals surface area contributed by atoms with Crippen LogP contribution < -0.4 is 5.73 Å². The fourth-order valence-electron chi connectivity index (χ4n) is 4.35. The molecule has 6 heteroatoms. The van der Waals surface area contributed by atoms with Crippen LogP contribution in [0.3, 0.4) is 0 Å². The lowest BCUT2D eigenvalue weighted by Gasteiger charge is -2.26. The van der Waals surface area contributed by atoms with Gasteiger partial charge in [-0.05, 0) is 40.8 Å². The topological polar surface area (TPSA) is 69.1 Å². The molecule has 0 bridgehead atoms. The van der Waals surface area contributed by atoms with Gasteiger partial charge in [0.2, 0.25) is 0 Å². The number of rotatable bonds is 3. The number of anilines is 1. The van der Waals surface area contributed by atoms with Gasteiger partial charge < -0.3 is 5.73 Å². The molecule has 1 aliphatic rings. The monoisotopic (exact) mass is 461 g/mol. The Morgan fingerprint density at radius 3 is 2.43 bits per heavy atom. The summed E-state index contributed by atoms with van der Waals surface area (Å²) in [4.78, 5) is 9.71. The molecule has 0 aliphatic heterocycles. The molecule has 3 aromatic heterocycles. The summed E-state index contributed by atoms with van der Waals surface area (Å²) >= 11 is 3.69. The van der Waals surface area contributed by atoms with Gasteiger partial charge in [-0.25, -0.2) is 4.98 Å². The van der Waals surface area contributed by atoms with E-state index in [0.717, 1.165) is 57.0 Å². The van der Waals surface area contributed by atoms with E-state index in [1.807, 2.05) is 36.7 Å². The van der Waals surface area contributed by atoms with E-state index in [0.29, 0.717) is 11.7 Å². The number of hydrogen-bond acceptors (Lipinski definition) is 4. The van der Waals surface area contributed by atoms with Crippen LogP contribution in [0.2, 0.25) is 0 Å². The largest absolute Gasteiger partial charge is 0.383 e. The van der Waals surface area contributed by atoms with Gasteiger partial charge in [0.25, 0.3) is 0 Å². The number of hydrogen-bond donors (Lipinski definition) is 1. The van der Waals surface area contributed by atoms with Crippen LogP contribution in [0.5, 0.6) is 0 Å². The molecule has 30 heavy (non-hydrogen) atoms. The van der Waals surface area contributed by atoms with Crippen LogP contribution in [0.25, 0.3) is 28.0 Å². The molecule has 0 saturated heterocycles. The summed E-state index contributed by atoms with van der Waals surface area (Å²) in [7, 11) is 0. The molecule has 1 aliphatic carbocycles. The van der Waals surface area contributed by atoms with Crippen molar-refractivity contribution in [2.75, 3.05) is 5.73 Å². The Bertz CT molecular complexity index is 1180. The zero-order valence-electron chi connectivity index (χ0n) is 16.9. The minimum absolute atomic E-state index is 0.434. The van der Waals surface area contributed by atoms with E-state index in [9.17, 15) is 0 Å². The number of nitrogens with two attached hydrogens (primary N) is 1. The number of nitrogen functional groups attached to an aromatic ring is 1. The molecule has 4 aromatic rings. The van der Waals surface area contributed by atoms with Crippen LogP contribution in [0.1, 0.15) is 44.2 Å². The maximum atomic E-state index is 6.44. The fourth-order valence-corrected chi connectivity index (χ4v) is 4.93. The molecule has 0 amide bonds. The minimum Gasteiger partial charge on any atom is -0.383 e. The lowest BCUT2D eigenvalue weighted by Crippen LogP contribution is -2.15. The van der Waals surface area contributed by atoms with Gasteiger partial charge in [0, 0.05) is 28.8 Å². The molecule has 1 saturated carbocycles. The zero-order valence-corrected chi connectivity index (χ0v) is 18.5.